The Kier molecular flexibility index (Phi) is 5.24. The maximum absolute atomic E-state index is 12.8. The van der Waals surface area contributed by atoms with Crippen LogP contribution < -0.4 is 10.2 Å². The molecule has 0 saturated carbocycles. The molecule has 1 aliphatic heterocycles. The van der Waals surface area contributed by atoms with Crippen molar-refractivity contribution in [2.75, 3.05) is 4.90 Å². The number of nitrogens with zero attached hydrogens (tertiary/aromatic N) is 3. The summed E-state index contributed by atoms with van der Waals surface area (Å²) in [4.78, 5) is 40.4. The van der Waals surface area contributed by atoms with Gasteiger partial charge in [0.05, 0.1) is 16.3 Å². The van der Waals surface area contributed by atoms with Gasteiger partial charge in [-0.2, -0.15) is 0 Å². The highest BCUT2D eigenvalue weighted by Gasteiger charge is 2.38. The Morgan fingerprint density at radius 2 is 1.93 bits per heavy atom. The molecule has 0 aromatic heterocycles. The Bertz CT molecular complexity index is 977. The molecule has 1 N–H and O–H groups in total. The molecule has 0 spiro atoms. The fourth-order valence-corrected chi connectivity index (χ4v) is 2.83. The lowest BCUT2D eigenvalue weighted by molar-refractivity contribution is -0.384. The van der Waals surface area contributed by atoms with Crippen molar-refractivity contribution in [2.24, 2.45) is 10.9 Å². The first-order valence-corrected chi connectivity index (χ1v) is 8.38. The summed E-state index contributed by atoms with van der Waals surface area (Å²) in [5.41, 5.74) is 0.548. The molecule has 0 bridgehead atoms. The number of halogens is 1. The van der Waals surface area contributed by atoms with Crippen LogP contribution in [0.4, 0.5) is 17.1 Å². The van der Waals surface area contributed by atoms with Gasteiger partial charge in [-0.15, -0.1) is 0 Å². The number of carbonyl (C=O) groups excluding carboxylic acids is 2. The lowest BCUT2D eigenvalue weighted by Crippen LogP contribution is -2.58. The van der Waals surface area contributed by atoms with Gasteiger partial charge in [-0.1, -0.05) is 17.7 Å². The molecule has 1 fully saturated rings. The third kappa shape index (κ3) is 3.99. The highest BCUT2D eigenvalue weighted by molar-refractivity contribution is 7.80. The summed E-state index contributed by atoms with van der Waals surface area (Å²) in [7, 11) is 0. The quantitative estimate of drug-likeness (QED) is 0.278. The Balaban J connectivity index is 1.88. The maximum atomic E-state index is 12.8. The third-order valence-corrected chi connectivity index (χ3v) is 4.24. The summed E-state index contributed by atoms with van der Waals surface area (Å²) in [5.74, 6) is -2.43. The van der Waals surface area contributed by atoms with E-state index in [9.17, 15) is 19.7 Å². The van der Waals surface area contributed by atoms with Crippen LogP contribution in [0, 0.1) is 16.0 Å². The zero-order valence-electron chi connectivity index (χ0n) is 13.5. The number of anilines is 1. The number of nitro benzene ring substituents is 1. The van der Waals surface area contributed by atoms with Gasteiger partial charge in [0.25, 0.3) is 11.6 Å². The number of non-ortho nitro benzene ring substituents is 1. The van der Waals surface area contributed by atoms with Crippen molar-refractivity contribution >= 4 is 64.0 Å². The van der Waals surface area contributed by atoms with Crippen molar-refractivity contribution in [3.05, 3.63) is 63.7 Å². The molecule has 2 aromatic rings. The van der Waals surface area contributed by atoms with Gasteiger partial charge in [0.1, 0.15) is 0 Å². The summed E-state index contributed by atoms with van der Waals surface area (Å²) >= 11 is 10.9. The normalized spacial score (nSPS) is 17.3. The lowest BCUT2D eigenvalue weighted by atomic mass is 10.1. The molecule has 2 aromatic carbocycles. The van der Waals surface area contributed by atoms with Crippen LogP contribution in [0.5, 0.6) is 0 Å². The van der Waals surface area contributed by atoms with Crippen LogP contribution in [0.2, 0.25) is 5.02 Å². The molecule has 1 saturated heterocycles. The first kappa shape index (κ1) is 18.6. The molecule has 3 rings (SSSR count). The molecule has 0 unspecified atom stereocenters. The standard InChI is InChI=1S/C17H11ClN4O4S/c18-10-4-6-12(7-5-10)21-16(24)14(15(23)20-17(21)27)9-19-11-2-1-3-13(8-11)22(25)26/h1-9,14H,(H,20,23,27)/t14-/m0/s1. The van der Waals surface area contributed by atoms with E-state index in [1.54, 1.807) is 24.3 Å². The van der Waals surface area contributed by atoms with Gasteiger partial charge < -0.3 is 5.32 Å². The van der Waals surface area contributed by atoms with E-state index in [2.05, 4.69) is 10.3 Å². The smallest absolute Gasteiger partial charge is 0.271 e. The van der Waals surface area contributed by atoms with Crippen molar-refractivity contribution < 1.29 is 14.5 Å². The number of thiocarbonyl (C=S) groups is 1. The van der Waals surface area contributed by atoms with Gasteiger partial charge in [-0.3, -0.25) is 29.6 Å². The topological polar surface area (TPSA) is 105 Å². The Morgan fingerprint density at radius 3 is 2.59 bits per heavy atom. The predicted octanol–water partition coefficient (Wildman–Crippen LogP) is 3.01. The number of nitro groups is 1. The minimum atomic E-state index is -1.23. The number of hydrogen-bond acceptors (Lipinski definition) is 6. The van der Waals surface area contributed by atoms with Crippen molar-refractivity contribution in [2.45, 2.75) is 0 Å². The Morgan fingerprint density at radius 1 is 1.22 bits per heavy atom. The molecule has 136 valence electrons. The number of aliphatic imine (C=N–C) groups is 1. The minimum Gasteiger partial charge on any atom is -0.301 e. The summed E-state index contributed by atoms with van der Waals surface area (Å²) in [5, 5.41) is 13.7. The average molecular weight is 403 g/mol. The first-order chi connectivity index (χ1) is 12.9. The van der Waals surface area contributed by atoms with Crippen molar-refractivity contribution in [3.8, 4) is 0 Å². The molecule has 0 radical (unpaired) electrons. The van der Waals surface area contributed by atoms with E-state index >= 15 is 0 Å². The number of rotatable bonds is 4. The molecule has 2 amide bonds. The predicted molar refractivity (Wildman–Crippen MR) is 104 cm³/mol. The highest BCUT2D eigenvalue weighted by atomic mass is 35.5. The second kappa shape index (κ2) is 7.60. The maximum Gasteiger partial charge on any atom is 0.271 e. The fraction of sp³-hybridized carbons (Fsp3) is 0.0588. The number of carbonyl (C=O) groups is 2. The Hall–Kier alpha value is -3.17. The molecular weight excluding hydrogens is 392 g/mol. The average Bonchev–Trinajstić information content (AvgIpc) is 2.63. The van der Waals surface area contributed by atoms with E-state index in [0.717, 1.165) is 6.21 Å². The summed E-state index contributed by atoms with van der Waals surface area (Å²) in [6.07, 6.45) is 1.14. The SMILES string of the molecule is O=C1NC(=S)N(c2ccc(Cl)cc2)C(=O)[C@H]1C=Nc1cccc([N+](=O)[O-])c1. The van der Waals surface area contributed by atoms with Gasteiger partial charge in [-0.25, -0.2) is 0 Å². The molecule has 10 heteroatoms. The Labute approximate surface area is 163 Å². The van der Waals surface area contributed by atoms with E-state index in [-0.39, 0.29) is 16.5 Å². The van der Waals surface area contributed by atoms with Crippen molar-refractivity contribution in [1.29, 1.82) is 0 Å². The van der Waals surface area contributed by atoms with E-state index in [0.29, 0.717) is 10.7 Å². The zero-order valence-corrected chi connectivity index (χ0v) is 15.1. The number of nitrogens with one attached hydrogen (secondary N) is 1. The molecule has 1 aliphatic rings. The minimum absolute atomic E-state index is 0.0488. The second-order valence-corrected chi connectivity index (χ2v) is 6.30. The van der Waals surface area contributed by atoms with Gasteiger partial charge in [0.2, 0.25) is 5.91 Å². The van der Waals surface area contributed by atoms with Crippen LogP contribution >= 0.6 is 23.8 Å². The molecule has 1 heterocycles. The molecule has 8 nitrogen and oxygen atoms in total. The van der Waals surface area contributed by atoms with Crippen LogP contribution in [-0.2, 0) is 9.59 Å². The van der Waals surface area contributed by atoms with Gasteiger partial charge in [-0.05, 0) is 42.5 Å². The van der Waals surface area contributed by atoms with E-state index < -0.39 is 22.7 Å². The van der Waals surface area contributed by atoms with Crippen molar-refractivity contribution in [1.82, 2.24) is 5.32 Å². The third-order valence-electron chi connectivity index (χ3n) is 3.70. The number of amides is 2. The lowest BCUT2D eigenvalue weighted by Gasteiger charge is -2.30. The number of benzene rings is 2. The summed E-state index contributed by atoms with van der Waals surface area (Å²) in [6.45, 7) is 0. The van der Waals surface area contributed by atoms with Crippen molar-refractivity contribution in [3.63, 3.8) is 0 Å². The van der Waals surface area contributed by atoms with E-state index in [4.69, 9.17) is 23.8 Å². The fourth-order valence-electron chi connectivity index (χ4n) is 2.40. The van der Waals surface area contributed by atoms with Crippen LogP contribution in [-0.4, -0.2) is 28.1 Å². The second-order valence-electron chi connectivity index (χ2n) is 5.48. The molecular formula is C17H11ClN4O4S. The van der Waals surface area contributed by atoms with Gasteiger partial charge in [0.15, 0.2) is 11.0 Å². The molecule has 27 heavy (non-hydrogen) atoms. The molecule has 1 atom stereocenters. The molecule has 0 aliphatic carbocycles. The monoisotopic (exact) mass is 402 g/mol. The van der Waals surface area contributed by atoms with E-state index in [1.807, 2.05) is 0 Å². The van der Waals surface area contributed by atoms with Crippen LogP contribution in [0.25, 0.3) is 0 Å². The first-order valence-electron chi connectivity index (χ1n) is 7.60. The largest absolute Gasteiger partial charge is 0.301 e. The van der Waals surface area contributed by atoms with Crippen LogP contribution in [0.15, 0.2) is 53.5 Å². The van der Waals surface area contributed by atoms with E-state index in [1.165, 1.54) is 29.2 Å². The van der Waals surface area contributed by atoms with Crippen LogP contribution in [0.3, 0.4) is 0 Å². The number of hydrogen-bond donors (Lipinski definition) is 1. The zero-order chi connectivity index (χ0) is 19.6. The van der Waals surface area contributed by atoms with Gasteiger partial charge >= 0.3 is 0 Å². The highest BCUT2D eigenvalue weighted by Crippen LogP contribution is 2.24. The summed E-state index contributed by atoms with van der Waals surface area (Å²) < 4.78 is 0. The summed E-state index contributed by atoms with van der Waals surface area (Å²) in [6, 6.07) is 11.9. The van der Waals surface area contributed by atoms with Crippen LogP contribution in [0.1, 0.15) is 0 Å². The van der Waals surface area contributed by atoms with Gasteiger partial charge in [0, 0.05) is 23.4 Å².